The monoisotopic (exact) mass is 389 g/mol. The zero-order valence-electron chi connectivity index (χ0n) is 15.1. The molecule has 0 saturated heterocycles. The summed E-state index contributed by atoms with van der Waals surface area (Å²) in [7, 11) is 0. The Labute approximate surface area is 161 Å². The first-order chi connectivity index (χ1) is 12.7. The highest BCUT2D eigenvalue weighted by molar-refractivity contribution is 7.97. The minimum absolute atomic E-state index is 0.105. The van der Waals surface area contributed by atoms with Crippen LogP contribution in [0.3, 0.4) is 0 Å². The van der Waals surface area contributed by atoms with E-state index in [1.165, 1.54) is 24.2 Å². The SMILES string of the molecule is CCCCCc1nnc(NC(=O)Cn2c(CSC)nc3ccccc32)s1. The molecule has 1 N–H and O–H groups in total. The highest BCUT2D eigenvalue weighted by Gasteiger charge is 2.14. The molecule has 3 aromatic rings. The molecule has 138 valence electrons. The third kappa shape index (κ3) is 4.62. The Kier molecular flexibility index (Phi) is 6.62. The number of nitrogens with zero attached hydrogens (tertiary/aromatic N) is 4. The van der Waals surface area contributed by atoms with Gasteiger partial charge in [-0.15, -0.1) is 10.2 Å². The van der Waals surface area contributed by atoms with Crippen LogP contribution in [-0.2, 0) is 23.5 Å². The summed E-state index contributed by atoms with van der Waals surface area (Å²) in [5, 5.41) is 12.7. The molecule has 8 heteroatoms. The normalized spacial score (nSPS) is 11.2. The zero-order valence-corrected chi connectivity index (χ0v) is 16.7. The Morgan fingerprint density at radius 3 is 2.92 bits per heavy atom. The first-order valence-corrected chi connectivity index (χ1v) is 11.0. The number of unbranched alkanes of at least 4 members (excludes halogenated alkanes) is 2. The molecule has 0 fully saturated rings. The number of aromatic nitrogens is 4. The predicted octanol–water partition coefficient (Wildman–Crippen LogP) is 4.12. The number of rotatable bonds is 9. The fraction of sp³-hybridized carbons (Fsp3) is 0.444. The topological polar surface area (TPSA) is 72.7 Å². The quantitative estimate of drug-likeness (QED) is 0.557. The maximum atomic E-state index is 12.5. The number of carbonyl (C=O) groups is 1. The molecule has 3 rings (SSSR count). The van der Waals surface area contributed by atoms with Crippen molar-refractivity contribution in [2.45, 2.75) is 44.9 Å². The standard InChI is InChI=1S/C18H23N5OS2/c1-3-4-5-10-17-21-22-18(26-17)20-16(24)11-23-14-9-7-6-8-13(14)19-15(23)12-25-2/h6-9H,3-5,10-12H2,1-2H3,(H,20,22,24). The van der Waals surface area contributed by atoms with Gasteiger partial charge >= 0.3 is 0 Å². The lowest BCUT2D eigenvalue weighted by atomic mass is 10.2. The van der Waals surface area contributed by atoms with Gasteiger partial charge in [-0.25, -0.2) is 4.98 Å². The van der Waals surface area contributed by atoms with Gasteiger partial charge in [0.2, 0.25) is 11.0 Å². The number of thioether (sulfide) groups is 1. The van der Waals surface area contributed by atoms with Crippen molar-refractivity contribution in [2.24, 2.45) is 0 Å². The van der Waals surface area contributed by atoms with Crippen LogP contribution in [0.25, 0.3) is 11.0 Å². The van der Waals surface area contributed by atoms with Crippen LogP contribution in [0.1, 0.15) is 37.0 Å². The fourth-order valence-corrected chi connectivity index (χ4v) is 4.05. The van der Waals surface area contributed by atoms with Gasteiger partial charge in [0.05, 0.1) is 16.8 Å². The average Bonchev–Trinajstić information content (AvgIpc) is 3.21. The Morgan fingerprint density at radius 1 is 1.27 bits per heavy atom. The molecule has 0 atom stereocenters. The Balaban J connectivity index is 1.68. The van der Waals surface area contributed by atoms with Crippen molar-refractivity contribution in [3.05, 3.63) is 35.1 Å². The van der Waals surface area contributed by atoms with E-state index >= 15 is 0 Å². The molecule has 0 radical (unpaired) electrons. The van der Waals surface area contributed by atoms with Gasteiger partial charge in [0.15, 0.2) is 0 Å². The van der Waals surface area contributed by atoms with E-state index in [4.69, 9.17) is 0 Å². The van der Waals surface area contributed by atoms with Gasteiger partial charge in [-0.1, -0.05) is 43.2 Å². The summed E-state index contributed by atoms with van der Waals surface area (Å²) in [5.74, 6) is 1.57. The lowest BCUT2D eigenvalue weighted by Gasteiger charge is -2.08. The summed E-state index contributed by atoms with van der Waals surface area (Å²) in [6.45, 7) is 2.40. The van der Waals surface area contributed by atoms with Gasteiger partial charge in [0.1, 0.15) is 17.4 Å². The summed E-state index contributed by atoms with van der Waals surface area (Å²) in [6, 6.07) is 7.90. The molecular weight excluding hydrogens is 366 g/mol. The van der Waals surface area contributed by atoms with Crippen molar-refractivity contribution in [1.29, 1.82) is 0 Å². The lowest BCUT2D eigenvalue weighted by molar-refractivity contribution is -0.116. The molecule has 26 heavy (non-hydrogen) atoms. The number of anilines is 1. The number of fused-ring (bicyclic) bond motifs is 1. The van der Waals surface area contributed by atoms with Crippen LogP contribution in [0.4, 0.5) is 5.13 Å². The molecule has 0 saturated carbocycles. The lowest BCUT2D eigenvalue weighted by Crippen LogP contribution is -2.20. The minimum Gasteiger partial charge on any atom is -0.318 e. The molecule has 0 bridgehead atoms. The van der Waals surface area contributed by atoms with Crippen molar-refractivity contribution in [1.82, 2.24) is 19.7 Å². The van der Waals surface area contributed by atoms with Crippen LogP contribution in [0.5, 0.6) is 0 Å². The highest BCUT2D eigenvalue weighted by Crippen LogP contribution is 2.20. The number of hydrogen-bond acceptors (Lipinski definition) is 6. The summed E-state index contributed by atoms with van der Waals surface area (Å²) in [4.78, 5) is 17.2. The van der Waals surface area contributed by atoms with Crippen molar-refractivity contribution in [3.8, 4) is 0 Å². The van der Waals surface area contributed by atoms with E-state index in [1.807, 2.05) is 35.1 Å². The van der Waals surface area contributed by atoms with Crippen LogP contribution in [0.2, 0.25) is 0 Å². The molecule has 1 aromatic carbocycles. The number of nitrogens with one attached hydrogen (secondary N) is 1. The first kappa shape index (κ1) is 18.8. The van der Waals surface area contributed by atoms with Crippen LogP contribution >= 0.6 is 23.1 Å². The molecule has 2 heterocycles. The molecule has 0 aliphatic rings. The summed E-state index contributed by atoms with van der Waals surface area (Å²) >= 11 is 3.15. The van der Waals surface area contributed by atoms with Gasteiger partial charge in [-0.05, 0) is 24.8 Å². The number of hydrogen-bond donors (Lipinski definition) is 1. The van der Waals surface area contributed by atoms with E-state index < -0.39 is 0 Å². The number of amides is 1. The third-order valence-corrected chi connectivity index (χ3v) is 5.46. The van der Waals surface area contributed by atoms with Crippen molar-refractivity contribution < 1.29 is 4.79 Å². The largest absolute Gasteiger partial charge is 0.318 e. The Bertz CT molecular complexity index is 873. The molecule has 0 aliphatic carbocycles. The van der Waals surface area contributed by atoms with Gasteiger partial charge in [-0.2, -0.15) is 11.8 Å². The van der Waals surface area contributed by atoms with Crippen molar-refractivity contribution in [3.63, 3.8) is 0 Å². The Morgan fingerprint density at radius 2 is 2.12 bits per heavy atom. The van der Waals surface area contributed by atoms with Gasteiger partial charge in [-0.3, -0.25) is 10.1 Å². The minimum atomic E-state index is -0.105. The fourth-order valence-electron chi connectivity index (χ4n) is 2.77. The maximum absolute atomic E-state index is 12.5. The summed E-state index contributed by atoms with van der Waals surface area (Å²) in [5.41, 5.74) is 1.89. The van der Waals surface area contributed by atoms with E-state index in [2.05, 4.69) is 27.4 Å². The molecular formula is C18H23N5OS2. The number of benzene rings is 1. The number of imidazole rings is 1. The van der Waals surface area contributed by atoms with Crippen molar-refractivity contribution in [2.75, 3.05) is 11.6 Å². The summed E-state index contributed by atoms with van der Waals surface area (Å²) in [6.07, 6.45) is 6.43. The summed E-state index contributed by atoms with van der Waals surface area (Å²) < 4.78 is 1.98. The smallest absolute Gasteiger partial charge is 0.246 e. The van der Waals surface area contributed by atoms with E-state index in [-0.39, 0.29) is 12.5 Å². The van der Waals surface area contributed by atoms with Crippen LogP contribution in [0.15, 0.2) is 24.3 Å². The van der Waals surface area contributed by atoms with Gasteiger partial charge < -0.3 is 4.57 Å². The van der Waals surface area contributed by atoms with Crippen molar-refractivity contribution >= 4 is 45.2 Å². The molecule has 6 nitrogen and oxygen atoms in total. The molecule has 1 amide bonds. The predicted molar refractivity (Wildman–Crippen MR) is 109 cm³/mol. The van der Waals surface area contributed by atoms with E-state index in [1.54, 1.807) is 11.8 Å². The second-order valence-corrected chi connectivity index (χ2v) is 7.97. The molecule has 0 aliphatic heterocycles. The van der Waals surface area contributed by atoms with Crippen LogP contribution < -0.4 is 5.32 Å². The van der Waals surface area contributed by atoms with Gasteiger partial charge in [0, 0.05) is 6.42 Å². The number of carbonyl (C=O) groups excluding carboxylic acids is 1. The molecule has 0 spiro atoms. The van der Waals surface area contributed by atoms with E-state index in [0.29, 0.717) is 5.13 Å². The first-order valence-electron chi connectivity index (χ1n) is 8.76. The second-order valence-electron chi connectivity index (χ2n) is 6.04. The number of para-hydroxylation sites is 2. The zero-order chi connectivity index (χ0) is 18.4. The van der Waals surface area contributed by atoms with Gasteiger partial charge in [0.25, 0.3) is 0 Å². The molecule has 0 unspecified atom stereocenters. The van der Waals surface area contributed by atoms with Crippen LogP contribution in [0, 0.1) is 0 Å². The molecule has 2 aromatic heterocycles. The Hall–Kier alpha value is -1.93. The maximum Gasteiger partial charge on any atom is 0.246 e. The van der Waals surface area contributed by atoms with E-state index in [9.17, 15) is 4.79 Å². The van der Waals surface area contributed by atoms with E-state index in [0.717, 1.165) is 40.5 Å². The van der Waals surface area contributed by atoms with Crippen LogP contribution in [-0.4, -0.2) is 31.9 Å². The highest BCUT2D eigenvalue weighted by atomic mass is 32.2. The third-order valence-electron chi connectivity index (χ3n) is 4.02. The number of aryl methyl sites for hydroxylation is 1. The second kappa shape index (κ2) is 9.14. The average molecular weight is 390 g/mol.